The molecule has 1 aromatic heterocycles. The van der Waals surface area contributed by atoms with Gasteiger partial charge >= 0.3 is 0 Å². The topological polar surface area (TPSA) is 48.1 Å². The number of halogens is 2. The van der Waals surface area contributed by atoms with E-state index >= 15 is 0 Å². The van der Waals surface area contributed by atoms with E-state index in [1.54, 1.807) is 18.2 Å². The molecule has 0 atom stereocenters. The van der Waals surface area contributed by atoms with E-state index in [1.807, 2.05) is 22.9 Å². The minimum atomic E-state index is -0.408. The van der Waals surface area contributed by atoms with Gasteiger partial charge < -0.3 is 4.57 Å². The molecule has 0 amide bonds. The molecule has 3 aromatic rings. The summed E-state index contributed by atoms with van der Waals surface area (Å²) >= 11 is 12.2. The van der Waals surface area contributed by atoms with Crippen molar-refractivity contribution in [2.24, 2.45) is 0 Å². The fourth-order valence-electron chi connectivity index (χ4n) is 2.28. The Morgan fingerprint density at radius 2 is 1.81 bits per heavy atom. The highest BCUT2D eigenvalue weighted by Crippen LogP contribution is 2.29. The zero-order valence-electron chi connectivity index (χ0n) is 10.8. The van der Waals surface area contributed by atoms with Gasteiger partial charge in [0, 0.05) is 35.3 Å². The number of nitro benzene ring substituents is 1. The molecular formula is C15H10Cl2N2O2. The minimum absolute atomic E-state index is 0.0854. The van der Waals surface area contributed by atoms with Crippen LogP contribution in [0.15, 0.2) is 48.7 Å². The molecule has 6 heteroatoms. The average Bonchev–Trinajstić information content (AvgIpc) is 2.83. The van der Waals surface area contributed by atoms with Gasteiger partial charge in [0.15, 0.2) is 0 Å². The fourth-order valence-corrected chi connectivity index (χ4v) is 2.82. The van der Waals surface area contributed by atoms with Crippen molar-refractivity contribution in [1.82, 2.24) is 4.57 Å². The van der Waals surface area contributed by atoms with Crippen molar-refractivity contribution >= 4 is 39.8 Å². The van der Waals surface area contributed by atoms with Crippen LogP contribution in [0.4, 0.5) is 5.69 Å². The Bertz CT molecular complexity index is 826. The number of aromatic nitrogens is 1. The molecule has 0 spiro atoms. The smallest absolute Gasteiger partial charge is 0.269 e. The summed E-state index contributed by atoms with van der Waals surface area (Å²) in [5, 5.41) is 12.8. The molecular weight excluding hydrogens is 311 g/mol. The lowest BCUT2D eigenvalue weighted by Crippen LogP contribution is -1.98. The van der Waals surface area contributed by atoms with E-state index in [-0.39, 0.29) is 5.69 Å². The molecule has 0 aliphatic heterocycles. The number of hydrogen-bond donors (Lipinski definition) is 0. The molecule has 0 N–H and O–H groups in total. The molecule has 1 heterocycles. The molecule has 0 fully saturated rings. The third-order valence-corrected chi connectivity index (χ3v) is 3.83. The highest BCUT2D eigenvalue weighted by molar-refractivity contribution is 6.38. The number of nitro groups is 1. The quantitative estimate of drug-likeness (QED) is 0.508. The van der Waals surface area contributed by atoms with E-state index in [1.165, 1.54) is 12.1 Å². The van der Waals surface area contributed by atoms with Crippen molar-refractivity contribution in [2.75, 3.05) is 0 Å². The Hall–Kier alpha value is -2.04. The first kappa shape index (κ1) is 13.9. The maximum atomic E-state index is 10.7. The molecule has 0 radical (unpaired) electrons. The number of non-ortho nitro benzene ring substituents is 1. The molecule has 4 nitrogen and oxygen atoms in total. The predicted octanol–water partition coefficient (Wildman–Crippen LogP) is 4.90. The molecule has 0 aliphatic rings. The molecule has 0 saturated carbocycles. The van der Waals surface area contributed by atoms with E-state index in [4.69, 9.17) is 23.2 Å². The SMILES string of the molecule is O=[N+]([O-])c1ccc(Cn2ccc3c(Cl)cc(Cl)cc32)cc1. The lowest BCUT2D eigenvalue weighted by Gasteiger charge is -2.06. The van der Waals surface area contributed by atoms with Gasteiger partial charge in [-0.25, -0.2) is 0 Å². The van der Waals surface area contributed by atoms with Crippen LogP contribution in [-0.4, -0.2) is 9.49 Å². The third-order valence-electron chi connectivity index (χ3n) is 3.30. The number of nitrogens with zero attached hydrogens (tertiary/aromatic N) is 2. The van der Waals surface area contributed by atoms with Crippen molar-refractivity contribution in [3.05, 3.63) is 74.4 Å². The fraction of sp³-hybridized carbons (Fsp3) is 0.0667. The summed E-state index contributed by atoms with van der Waals surface area (Å²) in [6.07, 6.45) is 1.92. The van der Waals surface area contributed by atoms with E-state index in [2.05, 4.69) is 0 Å². The zero-order valence-corrected chi connectivity index (χ0v) is 12.3. The Labute approximate surface area is 130 Å². The zero-order chi connectivity index (χ0) is 15.0. The predicted molar refractivity (Wildman–Crippen MR) is 84.2 cm³/mol. The van der Waals surface area contributed by atoms with Crippen LogP contribution in [0.2, 0.25) is 10.0 Å². The van der Waals surface area contributed by atoms with Gasteiger partial charge in [0.1, 0.15) is 0 Å². The first-order valence-corrected chi connectivity index (χ1v) is 6.97. The van der Waals surface area contributed by atoms with Gasteiger partial charge in [0.2, 0.25) is 0 Å². The van der Waals surface area contributed by atoms with Crippen LogP contribution in [0.3, 0.4) is 0 Å². The Kier molecular flexibility index (Phi) is 3.57. The lowest BCUT2D eigenvalue weighted by atomic mass is 10.2. The average molecular weight is 321 g/mol. The Morgan fingerprint density at radius 1 is 1.10 bits per heavy atom. The molecule has 3 rings (SSSR count). The number of rotatable bonds is 3. The van der Waals surface area contributed by atoms with Crippen molar-refractivity contribution in [3.63, 3.8) is 0 Å². The van der Waals surface area contributed by atoms with Gasteiger partial charge in [0.25, 0.3) is 5.69 Å². The van der Waals surface area contributed by atoms with Gasteiger partial charge in [-0.1, -0.05) is 35.3 Å². The van der Waals surface area contributed by atoms with Gasteiger partial charge in [-0.05, 0) is 23.8 Å². The summed E-state index contributed by atoms with van der Waals surface area (Å²) in [5.41, 5.74) is 1.99. The van der Waals surface area contributed by atoms with E-state index < -0.39 is 4.92 Å². The molecule has 106 valence electrons. The number of fused-ring (bicyclic) bond motifs is 1. The standard InChI is InChI=1S/C15H10Cl2N2O2/c16-11-7-14(17)13-5-6-18(15(13)8-11)9-10-1-3-12(4-2-10)19(20)21/h1-8H,9H2. The molecule has 0 saturated heterocycles. The molecule has 21 heavy (non-hydrogen) atoms. The summed E-state index contributed by atoms with van der Waals surface area (Å²) in [6, 6.07) is 12.0. The third kappa shape index (κ3) is 2.73. The summed E-state index contributed by atoms with van der Waals surface area (Å²) in [7, 11) is 0. The maximum absolute atomic E-state index is 10.7. The second kappa shape index (κ2) is 5.39. The van der Waals surface area contributed by atoms with E-state index in [9.17, 15) is 10.1 Å². The van der Waals surface area contributed by atoms with Gasteiger partial charge in [-0.15, -0.1) is 0 Å². The van der Waals surface area contributed by atoms with E-state index in [0.717, 1.165) is 16.5 Å². The van der Waals surface area contributed by atoms with Crippen molar-refractivity contribution in [2.45, 2.75) is 6.54 Å². The Balaban J connectivity index is 1.96. The largest absolute Gasteiger partial charge is 0.343 e. The molecule has 0 unspecified atom stereocenters. The van der Waals surface area contributed by atoms with Crippen LogP contribution < -0.4 is 0 Å². The Morgan fingerprint density at radius 3 is 2.48 bits per heavy atom. The summed E-state index contributed by atoms with van der Waals surface area (Å²) in [4.78, 5) is 10.2. The number of hydrogen-bond acceptors (Lipinski definition) is 2. The molecule has 0 bridgehead atoms. The molecule has 0 aliphatic carbocycles. The van der Waals surface area contributed by atoms with Gasteiger partial charge in [0.05, 0.1) is 15.5 Å². The first-order chi connectivity index (χ1) is 10.0. The highest BCUT2D eigenvalue weighted by Gasteiger charge is 2.08. The van der Waals surface area contributed by atoms with Gasteiger partial charge in [-0.3, -0.25) is 10.1 Å². The van der Waals surface area contributed by atoms with Crippen LogP contribution in [0.1, 0.15) is 5.56 Å². The van der Waals surface area contributed by atoms with E-state index in [0.29, 0.717) is 16.6 Å². The normalized spacial score (nSPS) is 11.0. The highest BCUT2D eigenvalue weighted by atomic mass is 35.5. The van der Waals surface area contributed by atoms with Crippen LogP contribution in [-0.2, 0) is 6.54 Å². The maximum Gasteiger partial charge on any atom is 0.269 e. The van der Waals surface area contributed by atoms with Gasteiger partial charge in [-0.2, -0.15) is 0 Å². The summed E-state index contributed by atoms with van der Waals surface area (Å²) in [6.45, 7) is 0.595. The molecule has 2 aromatic carbocycles. The second-order valence-corrected chi connectivity index (χ2v) is 5.53. The number of benzene rings is 2. The monoisotopic (exact) mass is 320 g/mol. The summed E-state index contributed by atoms with van der Waals surface area (Å²) in [5.74, 6) is 0. The lowest BCUT2D eigenvalue weighted by molar-refractivity contribution is -0.384. The summed E-state index contributed by atoms with van der Waals surface area (Å²) < 4.78 is 2.01. The van der Waals surface area contributed by atoms with Crippen LogP contribution in [0.25, 0.3) is 10.9 Å². The van der Waals surface area contributed by atoms with Crippen LogP contribution in [0.5, 0.6) is 0 Å². The minimum Gasteiger partial charge on any atom is -0.343 e. The van der Waals surface area contributed by atoms with Crippen molar-refractivity contribution in [3.8, 4) is 0 Å². The van der Waals surface area contributed by atoms with Crippen LogP contribution in [0, 0.1) is 10.1 Å². The van der Waals surface area contributed by atoms with Crippen LogP contribution >= 0.6 is 23.2 Å². The second-order valence-electron chi connectivity index (χ2n) is 4.69. The van der Waals surface area contributed by atoms with Crippen molar-refractivity contribution < 1.29 is 4.92 Å². The van der Waals surface area contributed by atoms with Crippen molar-refractivity contribution in [1.29, 1.82) is 0 Å². The first-order valence-electron chi connectivity index (χ1n) is 6.22.